The van der Waals surface area contributed by atoms with E-state index >= 15 is 0 Å². The molecule has 0 bridgehead atoms. The van der Waals surface area contributed by atoms with Crippen molar-refractivity contribution in [3.05, 3.63) is 106 Å². The van der Waals surface area contributed by atoms with E-state index in [4.69, 9.17) is 4.42 Å². The maximum atomic E-state index is 13.0. The van der Waals surface area contributed by atoms with E-state index in [-0.39, 0.29) is 16.7 Å². The molecule has 0 aliphatic heterocycles. The van der Waals surface area contributed by atoms with Gasteiger partial charge in [-0.15, -0.1) is 11.3 Å². The molecule has 1 aliphatic carbocycles. The van der Waals surface area contributed by atoms with E-state index in [0.717, 1.165) is 22.4 Å². The van der Waals surface area contributed by atoms with Crippen LogP contribution in [-0.4, -0.2) is 10.9 Å². The molecular formula is C34H34N2O2S. The van der Waals surface area contributed by atoms with Gasteiger partial charge in [-0.2, -0.15) is 0 Å². The topological polar surface area (TPSA) is 55.1 Å². The maximum Gasteiger partial charge on any atom is 0.293 e. The molecule has 2 aromatic heterocycles. The SMILES string of the molecule is Cc1cc2c(cc1Cc1ccc(C(=O)Nc3nc(-c4ccc5ccccc5c4)cs3)o1)C(C)(C)CCC2(C)C. The Labute approximate surface area is 234 Å². The number of benzene rings is 3. The third kappa shape index (κ3) is 4.92. The first-order valence-electron chi connectivity index (χ1n) is 13.6. The summed E-state index contributed by atoms with van der Waals surface area (Å²) in [6.07, 6.45) is 3.04. The lowest BCUT2D eigenvalue weighted by Crippen LogP contribution is -2.34. The molecule has 0 atom stereocenters. The Balaban J connectivity index is 1.18. The zero-order chi connectivity index (χ0) is 27.4. The summed E-state index contributed by atoms with van der Waals surface area (Å²) in [6.45, 7) is 11.6. The second-order valence-electron chi connectivity index (χ2n) is 12.1. The van der Waals surface area contributed by atoms with Crippen LogP contribution >= 0.6 is 11.3 Å². The predicted octanol–water partition coefficient (Wildman–Crippen LogP) is 9.06. The van der Waals surface area contributed by atoms with E-state index < -0.39 is 0 Å². The van der Waals surface area contributed by atoms with E-state index in [1.165, 1.54) is 51.8 Å². The predicted molar refractivity (Wildman–Crippen MR) is 161 cm³/mol. The lowest BCUT2D eigenvalue weighted by Gasteiger charge is -2.42. The summed E-state index contributed by atoms with van der Waals surface area (Å²) in [5.74, 6) is 0.794. The van der Waals surface area contributed by atoms with Crippen molar-refractivity contribution >= 4 is 33.1 Å². The van der Waals surface area contributed by atoms with Gasteiger partial charge in [0.2, 0.25) is 0 Å². The van der Waals surface area contributed by atoms with Gasteiger partial charge in [-0.25, -0.2) is 4.98 Å². The molecule has 4 nitrogen and oxygen atoms in total. The highest BCUT2D eigenvalue weighted by atomic mass is 32.1. The van der Waals surface area contributed by atoms with Crippen LogP contribution in [0, 0.1) is 6.92 Å². The molecule has 3 aromatic carbocycles. The molecule has 0 spiro atoms. The second-order valence-corrected chi connectivity index (χ2v) is 12.9. The molecule has 5 aromatic rings. The van der Waals surface area contributed by atoms with Crippen LogP contribution in [0.4, 0.5) is 5.13 Å². The van der Waals surface area contributed by atoms with Crippen LogP contribution in [0.5, 0.6) is 0 Å². The van der Waals surface area contributed by atoms with Crippen molar-refractivity contribution in [1.82, 2.24) is 4.98 Å². The number of carbonyl (C=O) groups is 1. The number of thiazole rings is 1. The number of carbonyl (C=O) groups excluding carboxylic acids is 1. The average Bonchev–Trinajstić information content (AvgIpc) is 3.57. The van der Waals surface area contributed by atoms with Crippen LogP contribution in [0.15, 0.2) is 76.5 Å². The van der Waals surface area contributed by atoms with Crippen molar-refractivity contribution in [3.8, 4) is 11.3 Å². The number of amides is 1. The summed E-state index contributed by atoms with van der Waals surface area (Å²) in [4.78, 5) is 17.6. The van der Waals surface area contributed by atoms with Gasteiger partial charge in [-0.1, -0.05) is 76.2 Å². The number of aromatic nitrogens is 1. The largest absolute Gasteiger partial charge is 0.456 e. The summed E-state index contributed by atoms with van der Waals surface area (Å²) in [5.41, 5.74) is 7.63. The van der Waals surface area contributed by atoms with Gasteiger partial charge in [0, 0.05) is 17.4 Å². The number of furan rings is 1. The van der Waals surface area contributed by atoms with E-state index in [9.17, 15) is 4.79 Å². The van der Waals surface area contributed by atoms with Gasteiger partial charge < -0.3 is 4.42 Å². The Morgan fingerprint density at radius 2 is 1.64 bits per heavy atom. The standard InChI is InChI=1S/C34H34N2O2S/c1-21-16-27-28(34(4,5)15-14-33(27,2)3)19-25(21)18-26-12-13-30(38-26)31(37)36-32-35-29(20-39-32)24-11-10-22-8-6-7-9-23(22)17-24/h6-13,16-17,19-20H,14-15,18H2,1-5H3,(H,35,36,37). The van der Waals surface area contributed by atoms with Gasteiger partial charge in [0.05, 0.1) is 5.69 Å². The van der Waals surface area contributed by atoms with Crippen LogP contribution in [0.3, 0.4) is 0 Å². The summed E-state index contributed by atoms with van der Waals surface area (Å²) in [5, 5.41) is 7.79. The number of aryl methyl sites for hydroxylation is 1. The Bertz CT molecular complexity index is 1710. The monoisotopic (exact) mass is 534 g/mol. The molecule has 0 unspecified atom stereocenters. The highest BCUT2D eigenvalue weighted by molar-refractivity contribution is 7.14. The molecule has 0 fully saturated rings. The minimum atomic E-state index is -0.286. The van der Waals surface area contributed by atoms with Gasteiger partial charge in [0.1, 0.15) is 5.76 Å². The van der Waals surface area contributed by atoms with Crippen molar-refractivity contribution < 1.29 is 9.21 Å². The third-order valence-electron chi connectivity index (χ3n) is 8.33. The highest BCUT2D eigenvalue weighted by Gasteiger charge is 2.37. The molecule has 198 valence electrons. The first-order chi connectivity index (χ1) is 18.6. The molecular weight excluding hydrogens is 500 g/mol. The molecule has 0 radical (unpaired) electrons. The van der Waals surface area contributed by atoms with Crippen LogP contribution in [0.25, 0.3) is 22.0 Å². The molecule has 5 heteroatoms. The number of nitrogens with zero attached hydrogens (tertiary/aromatic N) is 1. The lowest BCUT2D eigenvalue weighted by atomic mass is 9.62. The van der Waals surface area contributed by atoms with Crippen LogP contribution < -0.4 is 5.32 Å². The maximum absolute atomic E-state index is 13.0. The third-order valence-corrected chi connectivity index (χ3v) is 9.09. The fourth-order valence-corrected chi connectivity index (χ4v) is 6.43. The number of hydrogen-bond acceptors (Lipinski definition) is 4. The van der Waals surface area contributed by atoms with Crippen molar-refractivity contribution in [2.45, 2.75) is 64.7 Å². The number of nitrogens with one attached hydrogen (secondary N) is 1. The summed E-state index contributed by atoms with van der Waals surface area (Å²) < 4.78 is 6.02. The minimum absolute atomic E-state index is 0.154. The minimum Gasteiger partial charge on any atom is -0.456 e. The van der Waals surface area contributed by atoms with Crippen molar-refractivity contribution in [1.29, 1.82) is 0 Å². The van der Waals surface area contributed by atoms with Crippen LogP contribution in [0.1, 0.15) is 79.1 Å². The quantitative estimate of drug-likeness (QED) is 0.245. The Morgan fingerprint density at radius 3 is 2.41 bits per heavy atom. The van der Waals surface area contributed by atoms with Gasteiger partial charge in [-0.05, 0) is 81.8 Å². The van der Waals surface area contributed by atoms with Gasteiger partial charge >= 0.3 is 0 Å². The number of hydrogen-bond donors (Lipinski definition) is 1. The van der Waals surface area contributed by atoms with E-state index in [0.29, 0.717) is 17.3 Å². The van der Waals surface area contributed by atoms with Crippen LogP contribution in [0.2, 0.25) is 0 Å². The van der Waals surface area contributed by atoms with E-state index in [2.05, 4.69) is 87.4 Å². The first kappa shape index (κ1) is 25.6. The van der Waals surface area contributed by atoms with Crippen LogP contribution in [-0.2, 0) is 17.3 Å². The molecule has 2 heterocycles. The molecule has 0 saturated carbocycles. The fraction of sp³-hybridized carbons (Fsp3) is 0.294. The van der Waals surface area contributed by atoms with Gasteiger partial charge in [0.25, 0.3) is 5.91 Å². The van der Waals surface area contributed by atoms with E-state index in [1.807, 2.05) is 23.6 Å². The summed E-state index contributed by atoms with van der Waals surface area (Å²) in [6, 6.07) is 22.9. The smallest absolute Gasteiger partial charge is 0.293 e. The van der Waals surface area contributed by atoms with Gasteiger partial charge in [-0.3, -0.25) is 10.1 Å². The van der Waals surface area contributed by atoms with Crippen molar-refractivity contribution in [3.63, 3.8) is 0 Å². The number of anilines is 1. The van der Waals surface area contributed by atoms with Crippen molar-refractivity contribution in [2.75, 3.05) is 5.32 Å². The molecule has 6 rings (SSSR count). The molecule has 39 heavy (non-hydrogen) atoms. The average molecular weight is 535 g/mol. The zero-order valence-corrected chi connectivity index (χ0v) is 24.0. The normalized spacial score (nSPS) is 15.7. The Hall–Kier alpha value is -3.70. The molecule has 1 amide bonds. The summed E-state index contributed by atoms with van der Waals surface area (Å²) in [7, 11) is 0. The Kier molecular flexibility index (Phi) is 6.22. The molecule has 1 N–H and O–H groups in total. The van der Waals surface area contributed by atoms with Gasteiger partial charge in [0.15, 0.2) is 10.9 Å². The van der Waals surface area contributed by atoms with E-state index in [1.54, 1.807) is 6.07 Å². The number of rotatable bonds is 5. The first-order valence-corrected chi connectivity index (χ1v) is 14.5. The zero-order valence-electron chi connectivity index (χ0n) is 23.2. The lowest BCUT2D eigenvalue weighted by molar-refractivity contribution is 0.0995. The summed E-state index contributed by atoms with van der Waals surface area (Å²) >= 11 is 1.41. The second kappa shape index (κ2) is 9.49. The Morgan fingerprint density at radius 1 is 0.923 bits per heavy atom. The molecule has 0 saturated heterocycles. The highest BCUT2D eigenvalue weighted by Crippen LogP contribution is 2.46. The fourth-order valence-electron chi connectivity index (χ4n) is 5.71. The number of fused-ring (bicyclic) bond motifs is 2. The van der Waals surface area contributed by atoms with Crippen molar-refractivity contribution in [2.24, 2.45) is 0 Å². The molecule has 1 aliphatic rings.